The van der Waals surface area contributed by atoms with Crippen molar-refractivity contribution in [1.29, 1.82) is 0 Å². The maximum absolute atomic E-state index is 14.5. The lowest BCUT2D eigenvalue weighted by Gasteiger charge is -2.13. The summed E-state index contributed by atoms with van der Waals surface area (Å²) in [5.74, 6) is -0.417. The van der Waals surface area contributed by atoms with Crippen LogP contribution in [-0.2, 0) is 18.3 Å². The summed E-state index contributed by atoms with van der Waals surface area (Å²) in [6.07, 6.45) is 14.4. The average molecular weight is 547 g/mol. The number of benzene rings is 2. The Bertz CT molecular complexity index is 1090. The van der Waals surface area contributed by atoms with Gasteiger partial charge in [0.15, 0.2) is 17.8 Å². The molecule has 3 aromatic rings. The zero-order chi connectivity index (χ0) is 25.6. The molecule has 0 spiro atoms. The molecule has 1 heterocycles. The van der Waals surface area contributed by atoms with Gasteiger partial charge < -0.3 is 22.5 Å². The fourth-order valence-corrected chi connectivity index (χ4v) is 5.20. The Kier molecular flexibility index (Phi) is 14.3. The molecule has 2 aromatic carbocycles. The van der Waals surface area contributed by atoms with Gasteiger partial charge in [-0.05, 0) is 30.7 Å². The lowest BCUT2D eigenvalue weighted by molar-refractivity contribution is -0.655. The van der Waals surface area contributed by atoms with Gasteiger partial charge in [0.1, 0.15) is 7.05 Å². The number of halogens is 2. The normalized spacial score (nSPS) is 10.7. The quantitative estimate of drug-likeness (QED) is 0.206. The molecular weight excluding hydrogens is 507 g/mol. The summed E-state index contributed by atoms with van der Waals surface area (Å²) in [6.45, 7) is 2.71. The first-order valence-electron chi connectivity index (χ1n) is 13.3. The number of unbranched alkanes of at least 4 members (excludes halogenated alkanes) is 9. The number of amides is 1. The van der Waals surface area contributed by atoms with Gasteiger partial charge in [-0.1, -0.05) is 94.2 Å². The summed E-state index contributed by atoms with van der Waals surface area (Å²) >= 11 is 1.65. The second-order valence-electron chi connectivity index (χ2n) is 9.38. The number of carbonyl (C=O) groups is 1. The Morgan fingerprint density at radius 2 is 1.65 bits per heavy atom. The van der Waals surface area contributed by atoms with Gasteiger partial charge in [-0.15, -0.1) is 0 Å². The number of aryl methyl sites for hydroxylation is 1. The van der Waals surface area contributed by atoms with Crippen molar-refractivity contribution in [3.05, 3.63) is 65.4 Å². The molecule has 0 aliphatic rings. The van der Waals surface area contributed by atoms with Crippen LogP contribution in [0.25, 0.3) is 10.6 Å². The largest absolute Gasteiger partial charge is 1.00 e. The molecule has 0 aliphatic heterocycles. The second-order valence-corrected chi connectivity index (χ2v) is 10.3. The van der Waals surface area contributed by atoms with E-state index < -0.39 is 5.82 Å². The van der Waals surface area contributed by atoms with Gasteiger partial charge in [-0.25, -0.2) is 4.39 Å². The first kappa shape index (κ1) is 30.8. The van der Waals surface area contributed by atoms with Crippen molar-refractivity contribution in [2.75, 3.05) is 11.9 Å². The zero-order valence-electron chi connectivity index (χ0n) is 22.1. The van der Waals surface area contributed by atoms with Crippen LogP contribution in [0.2, 0.25) is 0 Å². The minimum atomic E-state index is -0.417. The standard InChI is InChI=1S/C30H39FN2O2S.ClH/c1-3-4-5-6-7-8-9-10-11-12-20-35-29-24(15-14-18-27(29)31)23-28(34)32-26-17-13-16-25(22-26)30-33(2)19-21-36-30;/h13-19,21-22H,3-12,20,23H2,1-2H3;1H. The maximum atomic E-state index is 14.5. The summed E-state index contributed by atoms with van der Waals surface area (Å²) in [5, 5.41) is 6.09. The van der Waals surface area contributed by atoms with E-state index in [1.165, 1.54) is 57.4 Å². The van der Waals surface area contributed by atoms with Crippen molar-refractivity contribution in [1.82, 2.24) is 0 Å². The van der Waals surface area contributed by atoms with E-state index in [0.29, 0.717) is 12.2 Å². The molecule has 0 radical (unpaired) electrons. The van der Waals surface area contributed by atoms with Crippen LogP contribution >= 0.6 is 11.3 Å². The number of nitrogens with one attached hydrogen (secondary N) is 1. The van der Waals surface area contributed by atoms with Crippen molar-refractivity contribution in [3.8, 4) is 16.3 Å². The smallest absolute Gasteiger partial charge is 0.268 e. The summed E-state index contributed by atoms with van der Waals surface area (Å²) in [6, 6.07) is 12.5. The maximum Gasteiger partial charge on any atom is 0.268 e. The highest BCUT2D eigenvalue weighted by Gasteiger charge is 2.15. The molecule has 0 saturated heterocycles. The molecule has 7 heteroatoms. The van der Waals surface area contributed by atoms with Crippen molar-refractivity contribution in [2.45, 2.75) is 77.6 Å². The zero-order valence-corrected chi connectivity index (χ0v) is 23.7. The molecule has 1 N–H and O–H groups in total. The third-order valence-electron chi connectivity index (χ3n) is 6.32. The van der Waals surface area contributed by atoms with Crippen LogP contribution < -0.4 is 27.0 Å². The van der Waals surface area contributed by atoms with E-state index in [4.69, 9.17) is 4.74 Å². The van der Waals surface area contributed by atoms with E-state index in [9.17, 15) is 9.18 Å². The summed E-state index contributed by atoms with van der Waals surface area (Å²) in [4.78, 5) is 12.8. The van der Waals surface area contributed by atoms with Crippen LogP contribution in [-0.4, -0.2) is 12.5 Å². The molecule has 1 amide bonds. The van der Waals surface area contributed by atoms with Crippen molar-refractivity contribution < 1.29 is 30.9 Å². The van der Waals surface area contributed by atoms with Crippen LogP contribution in [0.1, 0.15) is 76.7 Å². The van der Waals surface area contributed by atoms with Gasteiger partial charge in [0.25, 0.3) is 5.01 Å². The lowest BCUT2D eigenvalue weighted by atomic mass is 10.1. The third kappa shape index (κ3) is 10.4. The first-order chi connectivity index (χ1) is 17.6. The van der Waals surface area contributed by atoms with Crippen molar-refractivity contribution in [3.63, 3.8) is 0 Å². The molecule has 4 nitrogen and oxygen atoms in total. The fourth-order valence-electron chi connectivity index (χ4n) is 4.33. The summed E-state index contributed by atoms with van der Waals surface area (Å²) in [5.41, 5.74) is 2.33. The SMILES string of the molecule is CCCCCCCCCCCCOc1c(F)cccc1CC(=O)Nc1cccc(-c2scc[n+]2C)c1.[Cl-]. The van der Waals surface area contributed by atoms with E-state index in [1.54, 1.807) is 23.5 Å². The van der Waals surface area contributed by atoms with Crippen molar-refractivity contribution in [2.24, 2.45) is 7.05 Å². The molecule has 0 aliphatic carbocycles. The molecular formula is C30H40ClFN2O2S. The predicted molar refractivity (Wildman–Crippen MR) is 147 cm³/mol. The number of anilines is 1. The van der Waals surface area contributed by atoms with Gasteiger partial charge in [-0.2, -0.15) is 4.57 Å². The number of hydrogen-bond acceptors (Lipinski definition) is 3. The number of para-hydroxylation sites is 1. The van der Waals surface area contributed by atoms with Crippen LogP contribution in [0.4, 0.5) is 10.1 Å². The minimum Gasteiger partial charge on any atom is -1.00 e. The highest BCUT2D eigenvalue weighted by atomic mass is 35.5. The van der Waals surface area contributed by atoms with Gasteiger partial charge >= 0.3 is 0 Å². The van der Waals surface area contributed by atoms with Gasteiger partial charge in [-0.3, -0.25) is 4.79 Å². The molecule has 0 fully saturated rings. The Labute approximate surface area is 231 Å². The van der Waals surface area contributed by atoms with E-state index in [0.717, 1.165) is 29.1 Å². The van der Waals surface area contributed by atoms with Crippen LogP contribution in [0.3, 0.4) is 0 Å². The van der Waals surface area contributed by atoms with E-state index in [-0.39, 0.29) is 30.5 Å². The average Bonchev–Trinajstić information content (AvgIpc) is 3.30. The van der Waals surface area contributed by atoms with Crippen LogP contribution in [0.15, 0.2) is 54.0 Å². The third-order valence-corrected chi connectivity index (χ3v) is 7.33. The number of nitrogens with zero attached hydrogens (tertiary/aromatic N) is 1. The first-order valence-corrected chi connectivity index (χ1v) is 14.2. The number of aromatic nitrogens is 1. The number of rotatable bonds is 16. The Balaban J connectivity index is 0.00000481. The summed E-state index contributed by atoms with van der Waals surface area (Å²) in [7, 11) is 2.00. The number of hydrogen-bond donors (Lipinski definition) is 1. The molecule has 0 saturated carbocycles. The number of thiazole rings is 1. The Morgan fingerprint density at radius 1 is 0.973 bits per heavy atom. The fraction of sp³-hybridized carbons (Fsp3) is 0.467. The number of ether oxygens (including phenoxy) is 1. The molecule has 0 bridgehead atoms. The highest BCUT2D eigenvalue weighted by Crippen LogP contribution is 2.26. The minimum absolute atomic E-state index is 0. The molecule has 1 aromatic heterocycles. The Morgan fingerprint density at radius 3 is 2.32 bits per heavy atom. The Hall–Kier alpha value is -2.44. The molecule has 0 atom stereocenters. The topological polar surface area (TPSA) is 42.2 Å². The predicted octanol–water partition coefficient (Wildman–Crippen LogP) is 4.86. The van der Waals surface area contributed by atoms with Gasteiger partial charge in [0, 0.05) is 11.3 Å². The van der Waals surface area contributed by atoms with Gasteiger partial charge in [0.05, 0.1) is 24.0 Å². The summed E-state index contributed by atoms with van der Waals surface area (Å²) < 4.78 is 22.4. The molecule has 202 valence electrons. The highest BCUT2D eigenvalue weighted by molar-refractivity contribution is 7.12. The monoisotopic (exact) mass is 546 g/mol. The van der Waals surface area contributed by atoms with Crippen LogP contribution in [0.5, 0.6) is 5.75 Å². The molecule has 3 rings (SSSR count). The second kappa shape index (κ2) is 17.1. The van der Waals surface area contributed by atoms with E-state index >= 15 is 0 Å². The van der Waals surface area contributed by atoms with Gasteiger partial charge in [0.2, 0.25) is 5.91 Å². The molecule has 37 heavy (non-hydrogen) atoms. The van der Waals surface area contributed by atoms with E-state index in [2.05, 4.69) is 16.8 Å². The van der Waals surface area contributed by atoms with Crippen LogP contribution in [0, 0.1) is 5.82 Å². The molecule has 0 unspecified atom stereocenters. The van der Waals surface area contributed by atoms with Crippen molar-refractivity contribution >= 4 is 22.9 Å². The lowest BCUT2D eigenvalue weighted by Crippen LogP contribution is -3.00. The van der Waals surface area contributed by atoms with E-state index in [1.807, 2.05) is 42.9 Å². The number of carbonyl (C=O) groups excluding carboxylic acids is 1.